The van der Waals surface area contributed by atoms with Crippen molar-refractivity contribution < 1.29 is 14.8 Å². The SMILES string of the molecule is CCn1cc(B(O)OC(C)(C)C(C)(C)O)ccc1=O. The largest absolute Gasteiger partial charge is 0.493 e. The predicted octanol–water partition coefficient (Wildman–Crippen LogP) is 0.122. The van der Waals surface area contributed by atoms with E-state index >= 15 is 0 Å². The van der Waals surface area contributed by atoms with Gasteiger partial charge in [-0.2, -0.15) is 0 Å². The van der Waals surface area contributed by atoms with Crippen molar-refractivity contribution in [2.24, 2.45) is 0 Å². The Bertz CT molecular complexity index is 490. The zero-order valence-electron chi connectivity index (χ0n) is 12.2. The summed E-state index contributed by atoms with van der Waals surface area (Å²) in [6.45, 7) is 9.00. The van der Waals surface area contributed by atoms with E-state index in [0.717, 1.165) is 0 Å². The Morgan fingerprint density at radius 1 is 1.32 bits per heavy atom. The van der Waals surface area contributed by atoms with E-state index in [1.54, 1.807) is 33.9 Å². The first-order valence-corrected chi connectivity index (χ1v) is 6.37. The summed E-state index contributed by atoms with van der Waals surface area (Å²) < 4.78 is 7.00. The predicted molar refractivity (Wildman–Crippen MR) is 75.4 cm³/mol. The van der Waals surface area contributed by atoms with Gasteiger partial charge in [-0.1, -0.05) is 6.07 Å². The molecule has 1 aromatic rings. The molecule has 0 saturated carbocycles. The highest BCUT2D eigenvalue weighted by atomic mass is 16.5. The number of nitrogens with zero attached hydrogens (tertiary/aromatic N) is 1. The molecule has 106 valence electrons. The van der Waals surface area contributed by atoms with Crippen LogP contribution in [0, 0.1) is 0 Å². The molecule has 0 aromatic carbocycles. The van der Waals surface area contributed by atoms with Crippen LogP contribution in [-0.4, -0.2) is 33.0 Å². The highest BCUT2D eigenvalue weighted by molar-refractivity contribution is 6.60. The summed E-state index contributed by atoms with van der Waals surface area (Å²) in [6, 6.07) is 2.92. The van der Waals surface area contributed by atoms with Gasteiger partial charge in [-0.15, -0.1) is 0 Å². The molecule has 2 N–H and O–H groups in total. The Kier molecular flexibility index (Phi) is 4.61. The molecule has 19 heavy (non-hydrogen) atoms. The second kappa shape index (κ2) is 5.49. The summed E-state index contributed by atoms with van der Waals surface area (Å²) in [5.74, 6) is 0. The summed E-state index contributed by atoms with van der Waals surface area (Å²) >= 11 is 0. The molecule has 5 nitrogen and oxygen atoms in total. The summed E-state index contributed by atoms with van der Waals surface area (Å²) in [5, 5.41) is 20.1. The molecular weight excluding hydrogens is 245 g/mol. The molecule has 6 heteroatoms. The summed E-state index contributed by atoms with van der Waals surface area (Å²) in [6.07, 6.45) is 1.56. The molecule has 0 saturated heterocycles. The average molecular weight is 267 g/mol. The van der Waals surface area contributed by atoms with E-state index in [0.29, 0.717) is 12.0 Å². The zero-order valence-corrected chi connectivity index (χ0v) is 12.2. The number of aromatic nitrogens is 1. The first-order valence-electron chi connectivity index (χ1n) is 6.37. The molecule has 0 unspecified atom stereocenters. The van der Waals surface area contributed by atoms with E-state index in [4.69, 9.17) is 4.65 Å². The maximum absolute atomic E-state index is 11.5. The Balaban J connectivity index is 2.96. The fraction of sp³-hybridized carbons (Fsp3) is 0.615. The lowest BCUT2D eigenvalue weighted by molar-refractivity contribution is -0.0982. The van der Waals surface area contributed by atoms with E-state index < -0.39 is 18.3 Å². The van der Waals surface area contributed by atoms with E-state index in [2.05, 4.69) is 0 Å². The van der Waals surface area contributed by atoms with Crippen molar-refractivity contribution in [1.82, 2.24) is 4.57 Å². The van der Waals surface area contributed by atoms with Crippen LogP contribution in [0.5, 0.6) is 0 Å². The third-order valence-corrected chi connectivity index (χ3v) is 3.51. The quantitative estimate of drug-likeness (QED) is 0.743. The van der Waals surface area contributed by atoms with Crippen molar-refractivity contribution in [2.75, 3.05) is 0 Å². The third-order valence-electron chi connectivity index (χ3n) is 3.51. The monoisotopic (exact) mass is 267 g/mol. The average Bonchev–Trinajstić information content (AvgIpc) is 2.27. The Labute approximate surface area is 114 Å². The van der Waals surface area contributed by atoms with Gasteiger partial charge in [0.25, 0.3) is 0 Å². The number of aliphatic hydroxyl groups is 1. The molecule has 0 aliphatic rings. The zero-order chi connectivity index (χ0) is 14.8. The van der Waals surface area contributed by atoms with Crippen LogP contribution in [0.4, 0.5) is 0 Å². The number of pyridine rings is 1. The van der Waals surface area contributed by atoms with Crippen LogP contribution < -0.4 is 11.0 Å². The molecule has 1 aromatic heterocycles. The molecule has 0 amide bonds. The standard InChI is InChI=1S/C13H22BNO4/c1-6-15-9-10(7-8-11(15)16)14(18)19-13(4,5)12(2,3)17/h7-9,17-18H,6H2,1-5H3. The van der Waals surface area contributed by atoms with Crippen molar-refractivity contribution in [3.05, 3.63) is 28.7 Å². The maximum Gasteiger partial charge on any atom is 0.493 e. The van der Waals surface area contributed by atoms with E-state index in [-0.39, 0.29) is 5.56 Å². The first kappa shape index (κ1) is 16.0. The third kappa shape index (κ3) is 3.68. The van der Waals surface area contributed by atoms with Crippen molar-refractivity contribution >= 4 is 12.6 Å². The van der Waals surface area contributed by atoms with Crippen molar-refractivity contribution in [3.63, 3.8) is 0 Å². The molecule has 0 bridgehead atoms. The van der Waals surface area contributed by atoms with E-state index in [9.17, 15) is 14.9 Å². The van der Waals surface area contributed by atoms with Crippen LogP contribution in [0.15, 0.2) is 23.1 Å². The maximum atomic E-state index is 11.5. The molecule has 0 radical (unpaired) electrons. The van der Waals surface area contributed by atoms with E-state index in [1.807, 2.05) is 6.92 Å². The Morgan fingerprint density at radius 3 is 2.37 bits per heavy atom. The van der Waals surface area contributed by atoms with Crippen LogP contribution in [0.25, 0.3) is 0 Å². The summed E-state index contributed by atoms with van der Waals surface area (Å²) in [5.41, 5.74) is -1.67. The van der Waals surface area contributed by atoms with Crippen molar-refractivity contribution in [1.29, 1.82) is 0 Å². The number of hydrogen-bond donors (Lipinski definition) is 2. The minimum atomic E-state index is -1.19. The minimum Gasteiger partial charge on any atom is -0.423 e. The summed E-state index contributed by atoms with van der Waals surface area (Å²) in [4.78, 5) is 11.5. The van der Waals surface area contributed by atoms with Gasteiger partial charge in [0.2, 0.25) is 5.56 Å². The Morgan fingerprint density at radius 2 is 1.89 bits per heavy atom. The van der Waals surface area contributed by atoms with Crippen LogP contribution in [0.3, 0.4) is 0 Å². The van der Waals surface area contributed by atoms with Crippen molar-refractivity contribution in [3.8, 4) is 0 Å². The first-order chi connectivity index (χ1) is 8.58. The van der Waals surface area contributed by atoms with Gasteiger partial charge in [0.1, 0.15) is 0 Å². The van der Waals surface area contributed by atoms with Gasteiger partial charge in [0, 0.05) is 18.8 Å². The van der Waals surface area contributed by atoms with E-state index in [1.165, 1.54) is 16.7 Å². The molecule has 1 rings (SSSR count). The molecule has 0 aliphatic carbocycles. The van der Waals surface area contributed by atoms with Gasteiger partial charge in [-0.25, -0.2) is 0 Å². The van der Waals surface area contributed by atoms with Crippen LogP contribution in [0.1, 0.15) is 34.6 Å². The number of rotatable bonds is 5. The lowest BCUT2D eigenvalue weighted by Gasteiger charge is -2.38. The molecule has 0 atom stereocenters. The van der Waals surface area contributed by atoms with Crippen LogP contribution in [0.2, 0.25) is 0 Å². The number of hydrogen-bond acceptors (Lipinski definition) is 4. The highest BCUT2D eigenvalue weighted by Crippen LogP contribution is 2.25. The Hall–Kier alpha value is -1.11. The fourth-order valence-corrected chi connectivity index (χ4v) is 1.43. The lowest BCUT2D eigenvalue weighted by Crippen LogP contribution is -2.53. The molecule has 0 aliphatic heterocycles. The van der Waals surface area contributed by atoms with Gasteiger partial charge in [0.05, 0.1) is 11.2 Å². The highest BCUT2D eigenvalue weighted by Gasteiger charge is 2.39. The minimum absolute atomic E-state index is 0.125. The molecule has 1 heterocycles. The van der Waals surface area contributed by atoms with Crippen LogP contribution >= 0.6 is 0 Å². The number of aryl methyl sites for hydroxylation is 1. The molecule has 0 fully saturated rings. The van der Waals surface area contributed by atoms with Gasteiger partial charge in [-0.3, -0.25) is 4.79 Å². The fourth-order valence-electron chi connectivity index (χ4n) is 1.43. The molecular formula is C13H22BNO4. The summed E-state index contributed by atoms with van der Waals surface area (Å²) in [7, 11) is -1.19. The van der Waals surface area contributed by atoms with Gasteiger partial charge in [-0.05, 0) is 40.1 Å². The smallest absolute Gasteiger partial charge is 0.423 e. The van der Waals surface area contributed by atoms with Gasteiger partial charge >= 0.3 is 7.12 Å². The molecule has 0 spiro atoms. The normalized spacial score (nSPS) is 12.6. The van der Waals surface area contributed by atoms with Crippen LogP contribution in [-0.2, 0) is 11.2 Å². The van der Waals surface area contributed by atoms with Gasteiger partial charge < -0.3 is 19.4 Å². The topological polar surface area (TPSA) is 71.7 Å². The lowest BCUT2D eigenvalue weighted by atomic mass is 9.77. The van der Waals surface area contributed by atoms with Gasteiger partial charge in [0.15, 0.2) is 0 Å². The second-order valence-corrected chi connectivity index (χ2v) is 5.63. The van der Waals surface area contributed by atoms with Crippen molar-refractivity contribution in [2.45, 2.75) is 52.4 Å². The second-order valence-electron chi connectivity index (χ2n) is 5.63.